The zero-order valence-corrected chi connectivity index (χ0v) is 13.9. The van der Waals surface area contributed by atoms with Crippen LogP contribution in [-0.2, 0) is 0 Å². The molecular formula is C20H13ClN2O2. The summed E-state index contributed by atoms with van der Waals surface area (Å²) in [5.74, 6) is -0.559. The van der Waals surface area contributed by atoms with Gasteiger partial charge in [0.25, 0.3) is 0 Å². The first-order valence-corrected chi connectivity index (χ1v) is 8.11. The van der Waals surface area contributed by atoms with E-state index in [1.807, 2.05) is 60.7 Å². The molecule has 0 saturated carbocycles. The van der Waals surface area contributed by atoms with Crippen LogP contribution in [0.25, 0.3) is 22.2 Å². The minimum Gasteiger partial charge on any atom is -0.330 e. The third kappa shape index (κ3) is 2.88. The van der Waals surface area contributed by atoms with Crippen LogP contribution in [0.15, 0.2) is 79.0 Å². The molecule has 2 heterocycles. The first-order valence-electron chi connectivity index (χ1n) is 7.73. The molecule has 0 saturated heterocycles. The van der Waals surface area contributed by atoms with Crippen molar-refractivity contribution >= 4 is 28.5 Å². The van der Waals surface area contributed by atoms with Crippen molar-refractivity contribution in [3.63, 3.8) is 0 Å². The summed E-state index contributed by atoms with van der Waals surface area (Å²) >= 11 is 6.01. The first-order chi connectivity index (χ1) is 12.2. The first kappa shape index (κ1) is 15.4. The number of carbonyl (C=O) groups is 1. The molecule has 0 spiro atoms. The number of hydrogen-bond acceptors (Lipinski definition) is 3. The average Bonchev–Trinajstić information content (AvgIpc) is 3.01. The fourth-order valence-electron chi connectivity index (χ4n) is 2.71. The lowest BCUT2D eigenvalue weighted by Gasteiger charge is -2.11. The van der Waals surface area contributed by atoms with Crippen molar-refractivity contribution in [2.45, 2.75) is 0 Å². The van der Waals surface area contributed by atoms with Crippen molar-refractivity contribution in [3.05, 3.63) is 89.7 Å². The molecule has 25 heavy (non-hydrogen) atoms. The van der Waals surface area contributed by atoms with Gasteiger partial charge in [-0.05, 0) is 24.3 Å². The standard InChI is InChI=1S/C20H13ClN2O2/c21-19-16(10-6-12-22-19)20(24)25-23-17-11-5-4-9-15(17)13-18(23)14-7-2-1-3-8-14/h1-13H. The van der Waals surface area contributed by atoms with Crippen molar-refractivity contribution in [3.8, 4) is 11.3 Å². The summed E-state index contributed by atoms with van der Waals surface area (Å²) in [5.41, 5.74) is 2.76. The lowest BCUT2D eigenvalue weighted by molar-refractivity contribution is 0.0489. The molecular weight excluding hydrogens is 336 g/mol. The van der Waals surface area contributed by atoms with Crippen LogP contribution in [0.5, 0.6) is 0 Å². The highest BCUT2D eigenvalue weighted by Crippen LogP contribution is 2.27. The van der Waals surface area contributed by atoms with Crippen LogP contribution in [0.4, 0.5) is 0 Å². The Kier molecular flexibility index (Phi) is 3.96. The van der Waals surface area contributed by atoms with Gasteiger partial charge >= 0.3 is 5.97 Å². The smallest absolute Gasteiger partial charge is 0.330 e. The van der Waals surface area contributed by atoms with E-state index in [4.69, 9.17) is 16.4 Å². The molecule has 0 aliphatic rings. The van der Waals surface area contributed by atoms with E-state index in [2.05, 4.69) is 4.98 Å². The number of rotatable bonds is 3. The summed E-state index contributed by atoms with van der Waals surface area (Å²) in [7, 11) is 0. The normalized spacial score (nSPS) is 10.8. The van der Waals surface area contributed by atoms with E-state index < -0.39 is 5.97 Å². The molecule has 0 amide bonds. The molecule has 0 bridgehead atoms. The maximum absolute atomic E-state index is 12.6. The van der Waals surface area contributed by atoms with Gasteiger partial charge in [0.2, 0.25) is 0 Å². The predicted octanol–water partition coefficient (Wildman–Crippen LogP) is 4.63. The molecule has 0 atom stereocenters. The second-order valence-electron chi connectivity index (χ2n) is 5.47. The molecule has 0 N–H and O–H groups in total. The number of pyridine rings is 1. The van der Waals surface area contributed by atoms with E-state index in [0.29, 0.717) is 0 Å². The predicted molar refractivity (Wildman–Crippen MR) is 97.5 cm³/mol. The Labute approximate surface area is 149 Å². The lowest BCUT2D eigenvalue weighted by Crippen LogP contribution is -2.21. The van der Waals surface area contributed by atoms with Crippen LogP contribution < -0.4 is 4.84 Å². The number of para-hydroxylation sites is 1. The maximum atomic E-state index is 12.6. The molecule has 0 unspecified atom stereocenters. The van der Waals surface area contributed by atoms with E-state index in [1.165, 1.54) is 10.9 Å². The zero-order chi connectivity index (χ0) is 17.2. The Bertz CT molecular complexity index is 1060. The molecule has 4 nitrogen and oxygen atoms in total. The molecule has 0 fully saturated rings. The second-order valence-corrected chi connectivity index (χ2v) is 5.83. The molecule has 0 radical (unpaired) electrons. The lowest BCUT2D eigenvalue weighted by atomic mass is 10.1. The molecule has 0 aliphatic carbocycles. The van der Waals surface area contributed by atoms with Crippen LogP contribution >= 0.6 is 11.6 Å². The fraction of sp³-hybridized carbons (Fsp3) is 0. The minimum atomic E-state index is -0.559. The molecule has 122 valence electrons. The van der Waals surface area contributed by atoms with Crippen LogP contribution in [0.1, 0.15) is 10.4 Å². The van der Waals surface area contributed by atoms with Gasteiger partial charge < -0.3 is 4.84 Å². The van der Waals surface area contributed by atoms with Crippen LogP contribution in [-0.4, -0.2) is 15.7 Å². The van der Waals surface area contributed by atoms with E-state index >= 15 is 0 Å². The van der Waals surface area contributed by atoms with Crippen LogP contribution in [0, 0.1) is 0 Å². The highest BCUT2D eigenvalue weighted by molar-refractivity contribution is 6.32. The van der Waals surface area contributed by atoms with Crippen molar-refractivity contribution in [1.82, 2.24) is 9.71 Å². The van der Waals surface area contributed by atoms with Crippen LogP contribution in [0.2, 0.25) is 5.15 Å². The topological polar surface area (TPSA) is 44.1 Å². The summed E-state index contributed by atoms with van der Waals surface area (Å²) in [6.45, 7) is 0. The average molecular weight is 349 g/mol. The SMILES string of the molecule is O=C(On1c(-c2ccccc2)cc2ccccc21)c1cccnc1Cl. The van der Waals surface area contributed by atoms with Gasteiger partial charge in [-0.25, -0.2) is 9.78 Å². The van der Waals surface area contributed by atoms with E-state index in [-0.39, 0.29) is 10.7 Å². The Morgan fingerprint density at radius 3 is 2.52 bits per heavy atom. The van der Waals surface area contributed by atoms with Gasteiger partial charge in [-0.3, -0.25) is 0 Å². The van der Waals surface area contributed by atoms with Crippen LogP contribution in [0.3, 0.4) is 0 Å². The van der Waals surface area contributed by atoms with Gasteiger partial charge in [-0.15, -0.1) is 0 Å². The molecule has 4 rings (SSSR count). The number of aromatic nitrogens is 2. The van der Waals surface area contributed by atoms with Crippen molar-refractivity contribution < 1.29 is 9.63 Å². The molecule has 5 heteroatoms. The Balaban J connectivity index is 1.83. The fourth-order valence-corrected chi connectivity index (χ4v) is 2.90. The third-order valence-electron chi connectivity index (χ3n) is 3.89. The molecule has 2 aromatic heterocycles. The Hall–Kier alpha value is -3.11. The summed E-state index contributed by atoms with van der Waals surface area (Å²) in [6, 6.07) is 22.7. The zero-order valence-electron chi connectivity index (χ0n) is 13.1. The quantitative estimate of drug-likeness (QED) is 0.507. The minimum absolute atomic E-state index is 0.116. The molecule has 0 aliphatic heterocycles. The number of halogens is 1. The number of hydrogen-bond donors (Lipinski definition) is 0. The van der Waals surface area contributed by atoms with E-state index in [9.17, 15) is 4.79 Å². The highest BCUT2D eigenvalue weighted by atomic mass is 35.5. The van der Waals surface area contributed by atoms with Gasteiger partial charge in [-0.1, -0.05) is 60.1 Å². The summed E-state index contributed by atoms with van der Waals surface area (Å²) in [4.78, 5) is 22.2. The van der Waals surface area contributed by atoms with Gasteiger partial charge in [0, 0.05) is 17.1 Å². The van der Waals surface area contributed by atoms with Gasteiger partial charge in [-0.2, -0.15) is 4.73 Å². The third-order valence-corrected chi connectivity index (χ3v) is 4.19. The summed E-state index contributed by atoms with van der Waals surface area (Å²) in [5, 5.41) is 1.09. The van der Waals surface area contributed by atoms with E-state index in [0.717, 1.165) is 22.2 Å². The number of benzene rings is 2. The van der Waals surface area contributed by atoms with Crippen molar-refractivity contribution in [2.24, 2.45) is 0 Å². The van der Waals surface area contributed by atoms with Gasteiger partial charge in [0.1, 0.15) is 5.15 Å². The molecule has 4 aromatic rings. The highest BCUT2D eigenvalue weighted by Gasteiger charge is 2.18. The van der Waals surface area contributed by atoms with Crippen molar-refractivity contribution in [1.29, 1.82) is 0 Å². The monoisotopic (exact) mass is 348 g/mol. The largest absolute Gasteiger partial charge is 0.366 e. The number of carbonyl (C=O) groups excluding carboxylic acids is 1. The van der Waals surface area contributed by atoms with Gasteiger partial charge in [0.15, 0.2) is 0 Å². The summed E-state index contributed by atoms with van der Waals surface area (Å²) in [6.07, 6.45) is 1.53. The van der Waals surface area contributed by atoms with Gasteiger partial charge in [0.05, 0.1) is 16.8 Å². The Morgan fingerprint density at radius 1 is 0.960 bits per heavy atom. The second kappa shape index (κ2) is 6.42. The number of fused-ring (bicyclic) bond motifs is 1. The maximum Gasteiger partial charge on any atom is 0.366 e. The Morgan fingerprint density at radius 2 is 1.72 bits per heavy atom. The van der Waals surface area contributed by atoms with E-state index in [1.54, 1.807) is 12.1 Å². The van der Waals surface area contributed by atoms with Crippen molar-refractivity contribution in [2.75, 3.05) is 0 Å². The summed E-state index contributed by atoms with van der Waals surface area (Å²) < 4.78 is 1.54. The molecule has 2 aromatic carbocycles. The number of nitrogens with zero attached hydrogens (tertiary/aromatic N) is 2.